The second-order valence-electron chi connectivity index (χ2n) is 6.93. The van der Waals surface area contributed by atoms with Gasteiger partial charge in [-0.15, -0.1) is 0 Å². The van der Waals surface area contributed by atoms with Crippen molar-refractivity contribution >= 4 is 50.7 Å². The van der Waals surface area contributed by atoms with E-state index in [1.165, 1.54) is 0 Å². The Labute approximate surface area is 143 Å². The van der Waals surface area contributed by atoms with E-state index in [0.29, 0.717) is 15.7 Å². The van der Waals surface area contributed by atoms with Gasteiger partial charge in [-0.2, -0.15) is 0 Å². The maximum absolute atomic E-state index is 13.0. The van der Waals surface area contributed by atoms with Crippen LogP contribution in [-0.4, -0.2) is 10.7 Å². The van der Waals surface area contributed by atoms with E-state index in [2.05, 4.69) is 42.0 Å². The summed E-state index contributed by atoms with van der Waals surface area (Å²) in [7, 11) is 0. The summed E-state index contributed by atoms with van der Waals surface area (Å²) < 4.78 is 0. The number of halogens is 3. The maximum atomic E-state index is 13.0. The lowest BCUT2D eigenvalue weighted by Gasteiger charge is -2.64. The molecule has 0 aromatic heterocycles. The highest BCUT2D eigenvalue weighted by atomic mass is 79.9. The van der Waals surface area contributed by atoms with Crippen molar-refractivity contribution in [2.24, 2.45) is 16.2 Å². The minimum Gasteiger partial charge on any atom is -0.324 e. The van der Waals surface area contributed by atoms with Gasteiger partial charge >= 0.3 is 0 Å². The van der Waals surface area contributed by atoms with E-state index in [0.717, 1.165) is 12.8 Å². The van der Waals surface area contributed by atoms with Crippen molar-refractivity contribution < 1.29 is 4.79 Å². The first kappa shape index (κ1) is 15.6. The number of hydrogen-bond donors (Lipinski definition) is 1. The molecule has 1 N–H and O–H groups in total. The molecule has 0 aliphatic heterocycles. The third-order valence-electron chi connectivity index (χ3n) is 6.18. The first-order chi connectivity index (χ1) is 9.68. The smallest absolute Gasteiger partial charge is 0.232 e. The monoisotopic (exact) mass is 389 g/mol. The summed E-state index contributed by atoms with van der Waals surface area (Å²) in [6.45, 7) is 6.64. The second-order valence-corrected chi connectivity index (χ2v) is 8.63. The highest BCUT2D eigenvalue weighted by molar-refractivity contribution is 9.09. The Morgan fingerprint density at radius 1 is 1.29 bits per heavy atom. The SMILES string of the molecule is CC12CCC(C(=O)Nc3cccc(Cl)c3Cl)(C1Br)C2(C)C. The number of carbonyl (C=O) groups excluding carboxylic acids is 1. The molecule has 1 amide bonds. The van der Waals surface area contributed by atoms with Gasteiger partial charge in [0.1, 0.15) is 0 Å². The molecule has 0 saturated heterocycles. The van der Waals surface area contributed by atoms with Gasteiger partial charge in [0.05, 0.1) is 21.1 Å². The number of benzene rings is 1. The number of nitrogens with one attached hydrogen (secondary N) is 1. The molecule has 5 heteroatoms. The molecule has 4 rings (SSSR count). The molecule has 3 aliphatic rings. The zero-order valence-corrected chi connectivity index (χ0v) is 15.4. The second kappa shape index (κ2) is 4.62. The van der Waals surface area contributed by atoms with Crippen LogP contribution in [0.25, 0.3) is 0 Å². The van der Waals surface area contributed by atoms with Crippen LogP contribution in [0, 0.1) is 16.2 Å². The standard InChI is InChI=1S/C16H18BrCl2NO/c1-14(2)15(3)7-8-16(14,12(15)17)13(21)20-10-6-4-5-9(18)11(10)19/h4-6,12H,7-8H2,1-3H3,(H,20,21). The van der Waals surface area contributed by atoms with Crippen molar-refractivity contribution in [1.82, 2.24) is 0 Å². The van der Waals surface area contributed by atoms with Gasteiger partial charge in [-0.25, -0.2) is 0 Å². The average molecular weight is 391 g/mol. The van der Waals surface area contributed by atoms with Gasteiger partial charge < -0.3 is 5.32 Å². The Kier molecular flexibility index (Phi) is 3.44. The van der Waals surface area contributed by atoms with Crippen molar-refractivity contribution in [3.8, 4) is 0 Å². The predicted octanol–water partition coefficient (Wildman–Crippen LogP) is 5.52. The number of hydrogen-bond acceptors (Lipinski definition) is 1. The van der Waals surface area contributed by atoms with Crippen molar-refractivity contribution in [3.05, 3.63) is 28.2 Å². The molecule has 0 spiro atoms. The number of rotatable bonds is 2. The Morgan fingerprint density at radius 3 is 2.48 bits per heavy atom. The van der Waals surface area contributed by atoms with Crippen LogP contribution in [0.2, 0.25) is 10.0 Å². The van der Waals surface area contributed by atoms with E-state index in [9.17, 15) is 4.79 Å². The lowest BCUT2D eigenvalue weighted by molar-refractivity contribution is -0.155. The Hall–Kier alpha value is -0.250. The predicted molar refractivity (Wildman–Crippen MR) is 91.4 cm³/mol. The zero-order chi connectivity index (χ0) is 15.6. The summed E-state index contributed by atoms with van der Waals surface area (Å²) in [5.74, 6) is 0.0357. The summed E-state index contributed by atoms with van der Waals surface area (Å²) >= 11 is 16.0. The average Bonchev–Trinajstić information content (AvgIpc) is 2.83. The summed E-state index contributed by atoms with van der Waals surface area (Å²) in [5, 5.41) is 3.84. The third-order valence-corrected chi connectivity index (χ3v) is 8.79. The quantitative estimate of drug-likeness (QED) is 0.661. The van der Waals surface area contributed by atoms with Gasteiger partial charge in [0.25, 0.3) is 0 Å². The summed E-state index contributed by atoms with van der Waals surface area (Å²) in [4.78, 5) is 13.2. The van der Waals surface area contributed by atoms with E-state index < -0.39 is 0 Å². The van der Waals surface area contributed by atoms with E-state index in [1.807, 2.05) is 0 Å². The molecule has 3 aliphatic carbocycles. The van der Waals surface area contributed by atoms with Crippen molar-refractivity contribution in [1.29, 1.82) is 0 Å². The number of anilines is 1. The topological polar surface area (TPSA) is 29.1 Å². The van der Waals surface area contributed by atoms with Crippen LogP contribution < -0.4 is 5.32 Å². The van der Waals surface area contributed by atoms with E-state index in [1.54, 1.807) is 18.2 Å². The molecule has 3 atom stereocenters. The molecular weight excluding hydrogens is 373 g/mol. The van der Waals surface area contributed by atoms with Crippen molar-refractivity contribution in [3.63, 3.8) is 0 Å². The molecule has 114 valence electrons. The number of amides is 1. The molecule has 21 heavy (non-hydrogen) atoms. The number of fused-ring (bicyclic) bond motifs is 1. The Balaban J connectivity index is 1.92. The van der Waals surface area contributed by atoms with Crippen LogP contribution in [0.4, 0.5) is 5.69 Å². The molecule has 3 fully saturated rings. The van der Waals surface area contributed by atoms with Crippen LogP contribution in [-0.2, 0) is 4.79 Å². The molecule has 3 saturated carbocycles. The van der Waals surface area contributed by atoms with Crippen LogP contribution in [0.3, 0.4) is 0 Å². The van der Waals surface area contributed by atoms with Gasteiger partial charge in [-0.1, -0.05) is 66.0 Å². The fourth-order valence-corrected chi connectivity index (χ4v) is 6.45. The lowest BCUT2D eigenvalue weighted by Crippen LogP contribution is -2.68. The number of alkyl halides is 1. The molecular formula is C16H18BrCl2NO. The third kappa shape index (κ3) is 1.69. The van der Waals surface area contributed by atoms with Gasteiger partial charge in [0.2, 0.25) is 5.91 Å². The zero-order valence-electron chi connectivity index (χ0n) is 12.3. The van der Waals surface area contributed by atoms with Gasteiger partial charge in [0, 0.05) is 4.83 Å². The van der Waals surface area contributed by atoms with Crippen molar-refractivity contribution in [2.45, 2.75) is 38.4 Å². The molecule has 0 heterocycles. The summed E-state index contributed by atoms with van der Waals surface area (Å²) in [6, 6.07) is 5.29. The summed E-state index contributed by atoms with van der Waals surface area (Å²) in [6.07, 6.45) is 1.96. The molecule has 2 bridgehead atoms. The van der Waals surface area contributed by atoms with Gasteiger partial charge in [0.15, 0.2) is 0 Å². The fourth-order valence-electron chi connectivity index (χ4n) is 4.29. The highest BCUT2D eigenvalue weighted by Gasteiger charge is 2.80. The van der Waals surface area contributed by atoms with Crippen LogP contribution >= 0.6 is 39.1 Å². The lowest BCUT2D eigenvalue weighted by atomic mass is 9.43. The first-order valence-electron chi connectivity index (χ1n) is 7.08. The maximum Gasteiger partial charge on any atom is 0.232 e. The fraction of sp³-hybridized carbons (Fsp3) is 0.562. The van der Waals surface area contributed by atoms with Crippen LogP contribution in [0.15, 0.2) is 18.2 Å². The van der Waals surface area contributed by atoms with Crippen LogP contribution in [0.1, 0.15) is 33.6 Å². The normalized spacial score (nSPS) is 36.2. The van der Waals surface area contributed by atoms with Crippen molar-refractivity contribution in [2.75, 3.05) is 5.32 Å². The minimum absolute atomic E-state index is 0.0357. The first-order valence-corrected chi connectivity index (χ1v) is 8.75. The Morgan fingerprint density at radius 2 is 1.95 bits per heavy atom. The van der Waals surface area contributed by atoms with E-state index >= 15 is 0 Å². The number of carbonyl (C=O) groups is 1. The van der Waals surface area contributed by atoms with E-state index in [4.69, 9.17) is 23.2 Å². The summed E-state index contributed by atoms with van der Waals surface area (Å²) in [5.41, 5.74) is 0.332. The molecule has 0 radical (unpaired) electrons. The van der Waals surface area contributed by atoms with Gasteiger partial charge in [-0.3, -0.25) is 4.79 Å². The van der Waals surface area contributed by atoms with E-state index in [-0.39, 0.29) is 27.0 Å². The minimum atomic E-state index is -0.382. The van der Waals surface area contributed by atoms with Gasteiger partial charge in [-0.05, 0) is 35.8 Å². The highest BCUT2D eigenvalue weighted by Crippen LogP contribution is 2.79. The molecule has 2 nitrogen and oxygen atoms in total. The Bertz CT molecular complexity index is 633. The molecule has 1 aromatic carbocycles. The van der Waals surface area contributed by atoms with Crippen LogP contribution in [0.5, 0.6) is 0 Å². The largest absolute Gasteiger partial charge is 0.324 e. The molecule has 1 aromatic rings. The molecule has 3 unspecified atom stereocenters.